The van der Waals surface area contributed by atoms with Crippen LogP contribution in [0, 0.1) is 6.92 Å². The van der Waals surface area contributed by atoms with E-state index < -0.39 is 29.8 Å². The van der Waals surface area contributed by atoms with E-state index in [1.54, 1.807) is 6.92 Å². The number of carbonyl (C=O) groups excluding carboxylic acids is 1. The molecule has 0 unspecified atom stereocenters. The highest BCUT2D eigenvalue weighted by molar-refractivity contribution is 5.92. The maximum Gasteiger partial charge on any atom is 0.416 e. The number of rotatable bonds is 4. The molecule has 0 saturated carbocycles. The van der Waals surface area contributed by atoms with E-state index >= 15 is 0 Å². The molecular formula is C13H15F3N2O3. The number of hydrogen-bond donors (Lipinski definition) is 3. The van der Waals surface area contributed by atoms with Gasteiger partial charge in [-0.25, -0.2) is 9.59 Å². The summed E-state index contributed by atoms with van der Waals surface area (Å²) in [6.45, 7) is 3.10. The molecule has 0 heterocycles. The number of carbonyl (C=O) groups is 2. The van der Waals surface area contributed by atoms with Crippen LogP contribution in [0.5, 0.6) is 0 Å². The predicted molar refractivity (Wildman–Crippen MR) is 70.1 cm³/mol. The number of aryl methyl sites for hydroxylation is 1. The zero-order chi connectivity index (χ0) is 16.2. The quantitative estimate of drug-likeness (QED) is 0.800. The molecule has 1 atom stereocenters. The SMILES string of the molecule is CC[C@@H](NC(=O)Nc1cc(C(F)(F)F)ccc1C)C(=O)O. The Morgan fingerprint density at radius 1 is 1.33 bits per heavy atom. The van der Waals surface area contributed by atoms with Crippen LogP contribution in [0.3, 0.4) is 0 Å². The number of urea groups is 1. The fourth-order valence-corrected chi connectivity index (χ4v) is 1.59. The molecule has 0 aliphatic heterocycles. The van der Waals surface area contributed by atoms with Crippen molar-refractivity contribution < 1.29 is 27.9 Å². The van der Waals surface area contributed by atoms with E-state index in [9.17, 15) is 22.8 Å². The molecule has 0 bridgehead atoms. The van der Waals surface area contributed by atoms with E-state index in [4.69, 9.17) is 5.11 Å². The number of carboxylic acids is 1. The molecule has 2 amide bonds. The van der Waals surface area contributed by atoms with Crippen LogP contribution in [0.1, 0.15) is 24.5 Å². The summed E-state index contributed by atoms with van der Waals surface area (Å²) in [5.41, 5.74) is -0.488. The number of alkyl halides is 3. The van der Waals surface area contributed by atoms with Gasteiger partial charge in [0.15, 0.2) is 0 Å². The topological polar surface area (TPSA) is 78.4 Å². The van der Waals surface area contributed by atoms with Crippen molar-refractivity contribution in [2.75, 3.05) is 5.32 Å². The molecule has 0 aromatic heterocycles. The monoisotopic (exact) mass is 304 g/mol. The molecule has 1 aromatic rings. The summed E-state index contributed by atoms with van der Waals surface area (Å²) in [5.74, 6) is -1.21. The van der Waals surface area contributed by atoms with Crippen LogP contribution in [-0.2, 0) is 11.0 Å². The van der Waals surface area contributed by atoms with Gasteiger partial charge in [0.05, 0.1) is 5.56 Å². The second-order valence-electron chi connectivity index (χ2n) is 4.42. The van der Waals surface area contributed by atoms with Gasteiger partial charge in [-0.2, -0.15) is 13.2 Å². The summed E-state index contributed by atoms with van der Waals surface area (Å²) in [6.07, 6.45) is -4.36. The van der Waals surface area contributed by atoms with Gasteiger partial charge in [0.2, 0.25) is 0 Å². The number of halogens is 3. The lowest BCUT2D eigenvalue weighted by molar-refractivity contribution is -0.139. The number of benzene rings is 1. The molecule has 0 aliphatic carbocycles. The highest BCUT2D eigenvalue weighted by Gasteiger charge is 2.31. The minimum absolute atomic E-state index is 0.0254. The Kier molecular flexibility index (Phi) is 5.17. The van der Waals surface area contributed by atoms with Crippen LogP contribution in [0.15, 0.2) is 18.2 Å². The van der Waals surface area contributed by atoms with Crippen molar-refractivity contribution in [1.29, 1.82) is 0 Å². The lowest BCUT2D eigenvalue weighted by Crippen LogP contribution is -2.42. The summed E-state index contributed by atoms with van der Waals surface area (Å²) < 4.78 is 37.8. The Balaban J connectivity index is 2.87. The van der Waals surface area contributed by atoms with E-state index in [2.05, 4.69) is 10.6 Å². The largest absolute Gasteiger partial charge is 0.480 e. The van der Waals surface area contributed by atoms with E-state index in [0.717, 1.165) is 12.1 Å². The third-order valence-corrected chi connectivity index (χ3v) is 2.82. The summed E-state index contributed by atoms with van der Waals surface area (Å²) >= 11 is 0. The maximum atomic E-state index is 12.6. The highest BCUT2D eigenvalue weighted by Crippen LogP contribution is 2.31. The van der Waals surface area contributed by atoms with Crippen LogP contribution < -0.4 is 10.6 Å². The average Bonchev–Trinajstić information content (AvgIpc) is 2.36. The van der Waals surface area contributed by atoms with E-state index in [0.29, 0.717) is 5.56 Å². The first-order valence-corrected chi connectivity index (χ1v) is 6.13. The zero-order valence-corrected chi connectivity index (χ0v) is 11.4. The number of hydrogen-bond acceptors (Lipinski definition) is 2. The normalized spacial score (nSPS) is 12.6. The maximum absolute atomic E-state index is 12.6. The average molecular weight is 304 g/mol. The molecule has 1 aromatic carbocycles. The number of amides is 2. The van der Waals surface area contributed by atoms with Crippen molar-refractivity contribution >= 4 is 17.7 Å². The van der Waals surface area contributed by atoms with Gasteiger partial charge in [-0.15, -0.1) is 0 Å². The minimum Gasteiger partial charge on any atom is -0.480 e. The Bertz CT molecular complexity index is 544. The molecular weight excluding hydrogens is 289 g/mol. The Morgan fingerprint density at radius 3 is 2.43 bits per heavy atom. The summed E-state index contributed by atoms with van der Waals surface area (Å²) in [6, 6.07) is 0.969. The first-order chi connectivity index (χ1) is 9.65. The second-order valence-corrected chi connectivity index (χ2v) is 4.42. The lowest BCUT2D eigenvalue weighted by atomic mass is 10.1. The smallest absolute Gasteiger partial charge is 0.416 e. The van der Waals surface area contributed by atoms with Crippen molar-refractivity contribution in [1.82, 2.24) is 5.32 Å². The van der Waals surface area contributed by atoms with Crippen molar-refractivity contribution in [3.8, 4) is 0 Å². The number of nitrogens with one attached hydrogen (secondary N) is 2. The third-order valence-electron chi connectivity index (χ3n) is 2.82. The fraction of sp³-hybridized carbons (Fsp3) is 0.385. The van der Waals surface area contributed by atoms with Gasteiger partial charge in [-0.3, -0.25) is 0 Å². The van der Waals surface area contributed by atoms with Crippen molar-refractivity contribution in [3.63, 3.8) is 0 Å². The molecule has 3 N–H and O–H groups in total. The molecule has 0 saturated heterocycles. The molecule has 0 aliphatic rings. The lowest BCUT2D eigenvalue weighted by Gasteiger charge is -2.15. The molecule has 0 fully saturated rings. The summed E-state index contributed by atoms with van der Waals surface area (Å²) in [4.78, 5) is 22.4. The second kappa shape index (κ2) is 6.47. The summed E-state index contributed by atoms with van der Waals surface area (Å²) in [7, 11) is 0. The Labute approximate surface area is 119 Å². The minimum atomic E-state index is -4.52. The van der Waals surface area contributed by atoms with Gasteiger partial charge in [0.25, 0.3) is 0 Å². The molecule has 21 heavy (non-hydrogen) atoms. The van der Waals surface area contributed by atoms with Gasteiger partial charge < -0.3 is 15.7 Å². The number of anilines is 1. The van der Waals surface area contributed by atoms with E-state index in [1.165, 1.54) is 13.0 Å². The standard InChI is InChI=1S/C13H15F3N2O3/c1-3-9(11(19)20)17-12(21)18-10-6-8(13(14,15)16)5-4-7(10)2/h4-6,9H,3H2,1-2H3,(H,19,20)(H2,17,18,21)/t9-/m1/s1. The van der Waals surface area contributed by atoms with Gasteiger partial charge in [0, 0.05) is 5.69 Å². The number of carboxylic acid groups (broad SMARTS) is 1. The van der Waals surface area contributed by atoms with Gasteiger partial charge in [-0.1, -0.05) is 13.0 Å². The molecule has 0 radical (unpaired) electrons. The first-order valence-electron chi connectivity index (χ1n) is 6.13. The van der Waals surface area contributed by atoms with E-state index in [1.807, 2.05) is 0 Å². The molecule has 0 spiro atoms. The first kappa shape index (κ1) is 16.8. The zero-order valence-electron chi connectivity index (χ0n) is 11.4. The molecule has 8 heteroatoms. The van der Waals surface area contributed by atoms with Crippen LogP contribution in [0.25, 0.3) is 0 Å². The van der Waals surface area contributed by atoms with Crippen LogP contribution in [0.2, 0.25) is 0 Å². The van der Waals surface area contributed by atoms with Gasteiger partial charge in [0.1, 0.15) is 6.04 Å². The highest BCUT2D eigenvalue weighted by atomic mass is 19.4. The van der Waals surface area contributed by atoms with Gasteiger partial charge in [-0.05, 0) is 31.0 Å². The van der Waals surface area contributed by atoms with Gasteiger partial charge >= 0.3 is 18.2 Å². The predicted octanol–water partition coefficient (Wildman–Crippen LogP) is 3.00. The van der Waals surface area contributed by atoms with Crippen molar-refractivity contribution in [3.05, 3.63) is 29.3 Å². The molecule has 116 valence electrons. The van der Waals surface area contributed by atoms with Crippen LogP contribution in [-0.4, -0.2) is 23.1 Å². The molecule has 1 rings (SSSR count). The molecule has 5 nitrogen and oxygen atoms in total. The van der Waals surface area contributed by atoms with E-state index in [-0.39, 0.29) is 12.1 Å². The Morgan fingerprint density at radius 2 is 1.95 bits per heavy atom. The Hall–Kier alpha value is -2.25. The van der Waals surface area contributed by atoms with Crippen molar-refractivity contribution in [2.45, 2.75) is 32.5 Å². The van der Waals surface area contributed by atoms with Crippen LogP contribution >= 0.6 is 0 Å². The number of aliphatic carboxylic acids is 1. The van der Waals surface area contributed by atoms with Crippen LogP contribution in [0.4, 0.5) is 23.7 Å². The summed E-state index contributed by atoms with van der Waals surface area (Å²) in [5, 5.41) is 13.2. The third kappa shape index (κ3) is 4.66. The van der Waals surface area contributed by atoms with Crippen molar-refractivity contribution in [2.24, 2.45) is 0 Å². The fourth-order valence-electron chi connectivity index (χ4n) is 1.59.